The van der Waals surface area contributed by atoms with Crippen LogP contribution in [0.1, 0.15) is 15.9 Å². The van der Waals surface area contributed by atoms with Crippen molar-refractivity contribution in [3.8, 4) is 5.75 Å². The van der Waals surface area contributed by atoms with Gasteiger partial charge >= 0.3 is 10.1 Å². The molecule has 0 atom stereocenters. The van der Waals surface area contributed by atoms with Crippen LogP contribution in [-0.2, 0) is 10.1 Å². The van der Waals surface area contributed by atoms with Gasteiger partial charge in [0.15, 0.2) is 5.75 Å². The highest BCUT2D eigenvalue weighted by atomic mass is 79.9. The average Bonchev–Trinajstić information content (AvgIpc) is 2.76. The topological polar surface area (TPSA) is 128 Å². The van der Waals surface area contributed by atoms with Crippen LogP contribution in [0.2, 0.25) is 0 Å². The minimum Gasteiger partial charge on any atom is -0.378 e. The number of nitrogens with zero attached hydrogens (tertiary/aromatic N) is 2. The van der Waals surface area contributed by atoms with Crippen molar-refractivity contribution in [1.82, 2.24) is 5.43 Å². The van der Waals surface area contributed by atoms with E-state index in [1.54, 1.807) is 24.3 Å². The molecular formula is C20H13Br2N3O6S. The van der Waals surface area contributed by atoms with Crippen LogP contribution in [0.4, 0.5) is 5.69 Å². The Bertz CT molecular complexity index is 1330. The van der Waals surface area contributed by atoms with Gasteiger partial charge in [0.05, 0.1) is 21.2 Å². The molecule has 164 valence electrons. The number of hydrogen-bond acceptors (Lipinski definition) is 7. The van der Waals surface area contributed by atoms with Gasteiger partial charge in [-0.1, -0.05) is 18.2 Å². The zero-order chi connectivity index (χ0) is 23.3. The lowest BCUT2D eigenvalue weighted by Gasteiger charge is -2.09. The summed E-state index contributed by atoms with van der Waals surface area (Å²) >= 11 is 6.51. The third kappa shape index (κ3) is 5.78. The van der Waals surface area contributed by atoms with Gasteiger partial charge < -0.3 is 4.18 Å². The smallest absolute Gasteiger partial charge is 0.339 e. The van der Waals surface area contributed by atoms with Gasteiger partial charge in [-0.3, -0.25) is 14.9 Å². The van der Waals surface area contributed by atoms with Crippen LogP contribution in [0.5, 0.6) is 5.75 Å². The molecule has 12 heteroatoms. The van der Waals surface area contributed by atoms with Crippen LogP contribution in [0.15, 0.2) is 85.7 Å². The first-order chi connectivity index (χ1) is 15.2. The molecule has 0 radical (unpaired) electrons. The molecule has 0 aliphatic heterocycles. The summed E-state index contributed by atoms with van der Waals surface area (Å²) in [6, 6.07) is 15.9. The molecule has 0 spiro atoms. The largest absolute Gasteiger partial charge is 0.378 e. The maximum atomic E-state index is 12.5. The summed E-state index contributed by atoms with van der Waals surface area (Å²) in [5.41, 5.74) is 2.99. The molecular weight excluding hydrogens is 570 g/mol. The number of non-ortho nitro benzene ring substituents is 1. The standard InChI is InChI=1S/C20H13Br2N3O6S/c21-17-7-2-1-6-16(17)20(26)24-23-12-13-8-9-19(18(22)10-13)31-32(29,30)15-5-3-4-14(11-15)25(27)28/h1-12H,(H,24,26)/b23-12-. The van der Waals surface area contributed by atoms with Gasteiger partial charge in [-0.05, 0) is 73.8 Å². The lowest BCUT2D eigenvalue weighted by molar-refractivity contribution is -0.385. The molecule has 0 aliphatic carbocycles. The summed E-state index contributed by atoms with van der Waals surface area (Å²) < 4.78 is 31.0. The van der Waals surface area contributed by atoms with E-state index >= 15 is 0 Å². The Balaban J connectivity index is 1.72. The highest BCUT2D eigenvalue weighted by molar-refractivity contribution is 9.10. The number of nitro benzene ring substituents is 1. The Morgan fingerprint density at radius 2 is 1.78 bits per heavy atom. The second-order valence-electron chi connectivity index (χ2n) is 6.16. The summed E-state index contributed by atoms with van der Waals surface area (Å²) in [6.07, 6.45) is 1.37. The fraction of sp³-hybridized carbons (Fsp3) is 0. The summed E-state index contributed by atoms with van der Waals surface area (Å²) in [5.74, 6) is -0.429. The minimum atomic E-state index is -4.30. The molecule has 3 aromatic carbocycles. The minimum absolute atomic E-state index is 0.0223. The van der Waals surface area contributed by atoms with Gasteiger partial charge in [-0.25, -0.2) is 5.43 Å². The van der Waals surface area contributed by atoms with Crippen LogP contribution >= 0.6 is 31.9 Å². The molecule has 1 N–H and O–H groups in total. The molecule has 0 heterocycles. The van der Waals surface area contributed by atoms with E-state index in [9.17, 15) is 23.3 Å². The van der Waals surface area contributed by atoms with Crippen molar-refractivity contribution in [3.63, 3.8) is 0 Å². The second kappa shape index (κ2) is 10.0. The van der Waals surface area contributed by atoms with Crippen molar-refractivity contribution < 1.29 is 22.3 Å². The van der Waals surface area contributed by atoms with Crippen LogP contribution in [0.25, 0.3) is 0 Å². The van der Waals surface area contributed by atoms with Crippen molar-refractivity contribution >= 4 is 59.8 Å². The highest BCUT2D eigenvalue weighted by Crippen LogP contribution is 2.29. The Kier molecular flexibility index (Phi) is 7.38. The number of hydrazone groups is 1. The Hall–Kier alpha value is -3.09. The monoisotopic (exact) mass is 581 g/mol. The molecule has 0 aliphatic rings. The van der Waals surface area contributed by atoms with Crippen molar-refractivity contribution in [3.05, 3.63) is 96.9 Å². The molecule has 1 amide bonds. The number of nitrogens with one attached hydrogen (secondary N) is 1. The first kappa shape index (κ1) is 23.6. The van der Waals surface area contributed by atoms with E-state index in [4.69, 9.17) is 4.18 Å². The molecule has 3 aromatic rings. The summed E-state index contributed by atoms with van der Waals surface area (Å²) in [4.78, 5) is 22.0. The number of carbonyl (C=O) groups is 1. The number of carbonyl (C=O) groups excluding carboxylic acids is 1. The molecule has 0 fully saturated rings. The second-order valence-corrected chi connectivity index (χ2v) is 9.42. The Morgan fingerprint density at radius 1 is 1.03 bits per heavy atom. The van der Waals surface area contributed by atoms with Gasteiger partial charge in [0.2, 0.25) is 0 Å². The Morgan fingerprint density at radius 3 is 2.47 bits per heavy atom. The fourth-order valence-electron chi connectivity index (χ4n) is 2.45. The summed E-state index contributed by atoms with van der Waals surface area (Å²) in [7, 11) is -4.30. The summed E-state index contributed by atoms with van der Waals surface area (Å²) in [6.45, 7) is 0. The highest BCUT2D eigenvalue weighted by Gasteiger charge is 2.21. The van der Waals surface area contributed by atoms with Crippen LogP contribution in [0.3, 0.4) is 0 Å². The van der Waals surface area contributed by atoms with E-state index in [0.29, 0.717) is 20.1 Å². The zero-order valence-corrected chi connectivity index (χ0v) is 19.9. The Labute approximate surface area is 199 Å². The van der Waals surface area contributed by atoms with Gasteiger partial charge in [-0.2, -0.15) is 13.5 Å². The molecule has 0 saturated heterocycles. The SMILES string of the molecule is O=C(N/N=C\c1ccc(OS(=O)(=O)c2cccc([N+](=O)[O-])c2)c(Br)c1)c1ccccc1Br. The number of benzene rings is 3. The normalized spacial score (nSPS) is 11.3. The van der Waals surface area contributed by atoms with Crippen molar-refractivity contribution in [2.24, 2.45) is 5.10 Å². The quantitative estimate of drug-likeness (QED) is 0.187. The number of halogens is 2. The van der Waals surface area contributed by atoms with Crippen LogP contribution in [-0.4, -0.2) is 25.5 Å². The molecule has 32 heavy (non-hydrogen) atoms. The molecule has 9 nitrogen and oxygen atoms in total. The number of rotatable bonds is 7. The lowest BCUT2D eigenvalue weighted by atomic mass is 10.2. The van der Waals surface area contributed by atoms with E-state index < -0.39 is 20.9 Å². The predicted octanol–water partition coefficient (Wildman–Crippen LogP) is 4.65. The van der Waals surface area contributed by atoms with E-state index in [1.165, 1.54) is 42.6 Å². The maximum Gasteiger partial charge on any atom is 0.339 e. The third-order valence-electron chi connectivity index (χ3n) is 3.97. The van der Waals surface area contributed by atoms with Gasteiger partial charge in [0.1, 0.15) is 4.90 Å². The molecule has 0 aromatic heterocycles. The van der Waals surface area contributed by atoms with E-state index in [2.05, 4.69) is 42.4 Å². The van der Waals surface area contributed by atoms with Crippen molar-refractivity contribution in [1.29, 1.82) is 0 Å². The zero-order valence-electron chi connectivity index (χ0n) is 15.9. The van der Waals surface area contributed by atoms with Gasteiger partial charge in [-0.15, -0.1) is 0 Å². The van der Waals surface area contributed by atoms with E-state index in [0.717, 1.165) is 6.07 Å². The van der Waals surface area contributed by atoms with Crippen LogP contribution < -0.4 is 9.61 Å². The number of amides is 1. The molecule has 0 unspecified atom stereocenters. The first-order valence-corrected chi connectivity index (χ1v) is 11.7. The number of hydrogen-bond donors (Lipinski definition) is 1. The first-order valence-electron chi connectivity index (χ1n) is 8.74. The van der Waals surface area contributed by atoms with Crippen LogP contribution in [0, 0.1) is 10.1 Å². The summed E-state index contributed by atoms with van der Waals surface area (Å²) in [5, 5.41) is 14.8. The van der Waals surface area contributed by atoms with Crippen molar-refractivity contribution in [2.45, 2.75) is 4.90 Å². The molecule has 0 bridgehead atoms. The van der Waals surface area contributed by atoms with Crippen molar-refractivity contribution in [2.75, 3.05) is 0 Å². The predicted molar refractivity (Wildman–Crippen MR) is 124 cm³/mol. The van der Waals surface area contributed by atoms with E-state index in [1.807, 2.05) is 0 Å². The maximum absolute atomic E-state index is 12.5. The molecule has 0 saturated carbocycles. The number of nitro groups is 1. The van der Waals surface area contributed by atoms with Gasteiger partial charge in [0, 0.05) is 16.6 Å². The third-order valence-corrected chi connectivity index (χ3v) is 6.51. The molecule has 3 rings (SSSR count). The fourth-order valence-corrected chi connectivity index (χ4v) is 4.49. The lowest BCUT2D eigenvalue weighted by Crippen LogP contribution is -2.18. The average molecular weight is 583 g/mol. The van der Waals surface area contributed by atoms with Gasteiger partial charge in [0.25, 0.3) is 11.6 Å². The van der Waals surface area contributed by atoms with E-state index in [-0.39, 0.29) is 16.3 Å².